The van der Waals surface area contributed by atoms with Crippen molar-refractivity contribution in [3.63, 3.8) is 0 Å². The lowest BCUT2D eigenvalue weighted by atomic mass is 9.88. The average molecular weight is 333 g/mol. The Morgan fingerprint density at radius 1 is 1.04 bits per heavy atom. The van der Waals surface area contributed by atoms with Crippen molar-refractivity contribution in [1.29, 1.82) is 0 Å². The summed E-state index contributed by atoms with van der Waals surface area (Å²) < 4.78 is 14.2. The number of nitrogens with one attached hydrogen (secondary N) is 2. The van der Waals surface area contributed by atoms with E-state index in [1.54, 1.807) is 42.5 Å². The molecular weight excluding hydrogens is 315 g/mol. The first kappa shape index (κ1) is 15.8. The maximum Gasteiger partial charge on any atom is 0.319 e. The van der Waals surface area contributed by atoms with Gasteiger partial charge in [-0.2, -0.15) is 0 Å². The fraction of sp³-hybridized carbons (Fsp3) is 0.278. The molecule has 0 aromatic heterocycles. The molecule has 1 aliphatic carbocycles. The summed E-state index contributed by atoms with van der Waals surface area (Å²) in [6, 6.07) is 13.2. The molecule has 3 rings (SSSR count). The van der Waals surface area contributed by atoms with E-state index in [1.807, 2.05) is 0 Å². The first-order valence-corrected chi connectivity index (χ1v) is 8.07. The van der Waals surface area contributed by atoms with Crippen LogP contribution in [0.5, 0.6) is 0 Å². The van der Waals surface area contributed by atoms with Gasteiger partial charge in [-0.3, -0.25) is 0 Å². The topological polar surface area (TPSA) is 41.1 Å². The number of amides is 2. The van der Waals surface area contributed by atoms with Crippen LogP contribution in [-0.2, 0) is 5.54 Å². The summed E-state index contributed by atoms with van der Waals surface area (Å²) in [7, 11) is 0. The van der Waals surface area contributed by atoms with E-state index in [0.717, 1.165) is 25.7 Å². The molecule has 5 heteroatoms. The SMILES string of the molecule is O=C(Nc1ccc(Cl)cc1)NC1(c2ccccc2F)CCCC1. The summed E-state index contributed by atoms with van der Waals surface area (Å²) in [4.78, 5) is 12.4. The molecule has 0 atom stereocenters. The van der Waals surface area contributed by atoms with Crippen LogP contribution in [0.4, 0.5) is 14.9 Å². The maximum absolute atomic E-state index is 14.2. The summed E-state index contributed by atoms with van der Waals surface area (Å²) >= 11 is 5.84. The summed E-state index contributed by atoms with van der Waals surface area (Å²) in [5, 5.41) is 6.37. The Hall–Kier alpha value is -2.07. The van der Waals surface area contributed by atoms with Crippen LogP contribution in [0.25, 0.3) is 0 Å². The minimum atomic E-state index is -0.637. The first-order chi connectivity index (χ1) is 11.1. The predicted octanol–water partition coefficient (Wildman–Crippen LogP) is 5.07. The standard InChI is InChI=1S/C18H18ClFN2O/c19-13-7-9-14(10-8-13)21-17(23)22-18(11-3-4-12-18)15-5-1-2-6-16(15)20/h1-2,5-10H,3-4,11-12H2,(H2,21,22,23). The van der Waals surface area contributed by atoms with E-state index >= 15 is 0 Å². The van der Waals surface area contributed by atoms with Crippen LogP contribution >= 0.6 is 11.6 Å². The van der Waals surface area contributed by atoms with Gasteiger partial charge in [-0.1, -0.05) is 42.6 Å². The molecule has 120 valence electrons. The van der Waals surface area contributed by atoms with E-state index in [1.165, 1.54) is 6.07 Å². The first-order valence-electron chi connectivity index (χ1n) is 7.69. The van der Waals surface area contributed by atoms with Gasteiger partial charge in [0.05, 0.1) is 5.54 Å². The van der Waals surface area contributed by atoms with Gasteiger partial charge in [0.1, 0.15) is 5.82 Å². The van der Waals surface area contributed by atoms with Crippen LogP contribution in [0.15, 0.2) is 48.5 Å². The molecule has 0 saturated heterocycles. The molecule has 0 heterocycles. The van der Waals surface area contributed by atoms with Crippen LogP contribution in [0.3, 0.4) is 0 Å². The zero-order valence-electron chi connectivity index (χ0n) is 12.6. The lowest BCUT2D eigenvalue weighted by Crippen LogP contribution is -2.46. The number of carbonyl (C=O) groups is 1. The number of urea groups is 1. The van der Waals surface area contributed by atoms with Gasteiger partial charge in [-0.15, -0.1) is 0 Å². The van der Waals surface area contributed by atoms with Gasteiger partial charge >= 0.3 is 6.03 Å². The lowest BCUT2D eigenvalue weighted by Gasteiger charge is -2.31. The normalized spacial score (nSPS) is 16.1. The van der Waals surface area contributed by atoms with E-state index in [-0.39, 0.29) is 11.8 Å². The van der Waals surface area contributed by atoms with Gasteiger partial charge in [0.15, 0.2) is 0 Å². The Labute approximate surface area is 139 Å². The summed E-state index contributed by atoms with van der Waals surface area (Å²) in [5.74, 6) is -0.277. The Balaban J connectivity index is 1.79. The van der Waals surface area contributed by atoms with Crippen LogP contribution < -0.4 is 10.6 Å². The monoisotopic (exact) mass is 332 g/mol. The predicted molar refractivity (Wildman–Crippen MR) is 90.2 cm³/mol. The Kier molecular flexibility index (Phi) is 4.53. The molecule has 2 aromatic carbocycles. The van der Waals surface area contributed by atoms with E-state index in [4.69, 9.17) is 11.6 Å². The zero-order valence-corrected chi connectivity index (χ0v) is 13.4. The fourth-order valence-electron chi connectivity index (χ4n) is 3.20. The number of rotatable bonds is 3. The van der Waals surface area contributed by atoms with Crippen molar-refractivity contribution in [2.24, 2.45) is 0 Å². The van der Waals surface area contributed by atoms with Crippen LogP contribution in [0, 0.1) is 5.82 Å². The van der Waals surface area contributed by atoms with Crippen molar-refractivity contribution < 1.29 is 9.18 Å². The molecule has 1 saturated carbocycles. The van der Waals surface area contributed by atoms with Crippen molar-refractivity contribution in [1.82, 2.24) is 5.32 Å². The number of hydrogen-bond donors (Lipinski definition) is 2. The highest BCUT2D eigenvalue weighted by Gasteiger charge is 2.38. The van der Waals surface area contributed by atoms with E-state index < -0.39 is 5.54 Å². The van der Waals surface area contributed by atoms with Gasteiger partial charge in [-0.05, 0) is 43.2 Å². The van der Waals surface area contributed by atoms with Crippen molar-refractivity contribution >= 4 is 23.3 Å². The Morgan fingerprint density at radius 2 is 1.70 bits per heavy atom. The van der Waals surface area contributed by atoms with Crippen LogP contribution in [0.1, 0.15) is 31.2 Å². The van der Waals surface area contributed by atoms with Crippen molar-refractivity contribution in [3.05, 3.63) is 64.9 Å². The van der Waals surface area contributed by atoms with Gasteiger partial charge in [0.25, 0.3) is 0 Å². The molecule has 2 amide bonds. The maximum atomic E-state index is 14.2. The number of benzene rings is 2. The average Bonchev–Trinajstić information content (AvgIpc) is 2.99. The third-order valence-corrected chi connectivity index (χ3v) is 4.55. The molecular formula is C18H18ClFN2O. The van der Waals surface area contributed by atoms with Gasteiger partial charge in [0, 0.05) is 16.3 Å². The molecule has 3 nitrogen and oxygen atoms in total. The third-order valence-electron chi connectivity index (χ3n) is 4.30. The highest BCUT2D eigenvalue weighted by Crippen LogP contribution is 2.39. The highest BCUT2D eigenvalue weighted by molar-refractivity contribution is 6.30. The number of carbonyl (C=O) groups excluding carboxylic acids is 1. The van der Waals surface area contributed by atoms with Crippen LogP contribution in [-0.4, -0.2) is 6.03 Å². The van der Waals surface area contributed by atoms with Gasteiger partial charge in [0.2, 0.25) is 0 Å². The number of halogens is 2. The Morgan fingerprint density at radius 3 is 2.35 bits per heavy atom. The summed E-state index contributed by atoms with van der Waals surface area (Å²) in [6.45, 7) is 0. The largest absolute Gasteiger partial charge is 0.328 e. The lowest BCUT2D eigenvalue weighted by molar-refractivity contribution is 0.235. The third kappa shape index (κ3) is 3.48. The molecule has 2 aromatic rings. The Bertz CT molecular complexity index is 696. The molecule has 1 aliphatic rings. The van der Waals surface area contributed by atoms with E-state index in [2.05, 4.69) is 10.6 Å². The van der Waals surface area contributed by atoms with Crippen LogP contribution in [0.2, 0.25) is 5.02 Å². The molecule has 0 aliphatic heterocycles. The molecule has 0 spiro atoms. The molecule has 0 bridgehead atoms. The van der Waals surface area contributed by atoms with Crippen molar-refractivity contribution in [2.45, 2.75) is 31.2 Å². The summed E-state index contributed by atoms with van der Waals surface area (Å²) in [5.41, 5.74) is 0.569. The van der Waals surface area contributed by atoms with Gasteiger partial charge in [-0.25, -0.2) is 9.18 Å². The van der Waals surface area contributed by atoms with E-state index in [9.17, 15) is 9.18 Å². The highest BCUT2D eigenvalue weighted by atomic mass is 35.5. The van der Waals surface area contributed by atoms with E-state index in [0.29, 0.717) is 16.3 Å². The fourth-order valence-corrected chi connectivity index (χ4v) is 3.33. The van der Waals surface area contributed by atoms with Gasteiger partial charge < -0.3 is 10.6 Å². The molecule has 2 N–H and O–H groups in total. The van der Waals surface area contributed by atoms with Crippen molar-refractivity contribution in [2.75, 3.05) is 5.32 Å². The molecule has 0 unspecified atom stereocenters. The molecule has 1 fully saturated rings. The molecule has 0 radical (unpaired) electrons. The van der Waals surface area contributed by atoms with Crippen molar-refractivity contribution in [3.8, 4) is 0 Å². The minimum Gasteiger partial charge on any atom is -0.328 e. The smallest absolute Gasteiger partial charge is 0.319 e. The summed E-state index contributed by atoms with van der Waals surface area (Å²) in [6.07, 6.45) is 3.41. The second-order valence-electron chi connectivity index (χ2n) is 5.86. The second kappa shape index (κ2) is 6.59. The minimum absolute atomic E-state index is 0.277. The quantitative estimate of drug-likeness (QED) is 0.809. The second-order valence-corrected chi connectivity index (χ2v) is 6.29. The number of hydrogen-bond acceptors (Lipinski definition) is 1. The molecule has 23 heavy (non-hydrogen) atoms. The number of anilines is 1. The zero-order chi connectivity index (χ0) is 16.3.